The number of anilines is 2. The lowest BCUT2D eigenvalue weighted by atomic mass is 10.1. The number of carboxylic acids is 1. The Morgan fingerprint density at radius 2 is 2.00 bits per heavy atom. The highest BCUT2D eigenvalue weighted by atomic mass is 35.5. The number of carboxylic acid groups (broad SMARTS) is 1. The van der Waals surface area contributed by atoms with E-state index in [-0.39, 0.29) is 16.2 Å². The predicted molar refractivity (Wildman–Crippen MR) is 84.6 cm³/mol. The van der Waals surface area contributed by atoms with Crippen molar-refractivity contribution in [2.45, 2.75) is 6.92 Å². The number of aryl methyl sites for hydroxylation is 1. The summed E-state index contributed by atoms with van der Waals surface area (Å²) in [5, 5.41) is 12.4. The number of halogens is 3. The van der Waals surface area contributed by atoms with E-state index >= 15 is 0 Å². The van der Waals surface area contributed by atoms with Crippen LogP contribution < -0.4 is 5.32 Å². The Labute approximate surface area is 134 Å². The SMILES string of the molecule is Cc1cc(Nc2ccc(F)c(Cl)c2)c2cc(C(=O)O)[nH]c2c1F. The lowest BCUT2D eigenvalue weighted by Crippen LogP contribution is -1.95. The topological polar surface area (TPSA) is 65.1 Å². The van der Waals surface area contributed by atoms with Crippen LogP contribution in [0.3, 0.4) is 0 Å². The van der Waals surface area contributed by atoms with Crippen LogP contribution in [0.15, 0.2) is 30.3 Å². The zero-order valence-corrected chi connectivity index (χ0v) is 12.6. The molecule has 3 N–H and O–H groups in total. The fraction of sp³-hybridized carbons (Fsp3) is 0.0625. The molecule has 0 saturated heterocycles. The van der Waals surface area contributed by atoms with Gasteiger partial charge in [0.1, 0.15) is 17.3 Å². The number of aromatic amines is 1. The van der Waals surface area contributed by atoms with E-state index in [1.165, 1.54) is 24.3 Å². The molecule has 4 nitrogen and oxygen atoms in total. The minimum atomic E-state index is -1.19. The van der Waals surface area contributed by atoms with Crippen LogP contribution in [0.5, 0.6) is 0 Å². The molecule has 0 bridgehead atoms. The molecule has 0 unspecified atom stereocenters. The molecule has 0 saturated carbocycles. The first-order chi connectivity index (χ1) is 10.9. The van der Waals surface area contributed by atoms with Crippen molar-refractivity contribution in [3.63, 3.8) is 0 Å². The summed E-state index contributed by atoms with van der Waals surface area (Å²) in [5.41, 5.74) is 1.31. The van der Waals surface area contributed by atoms with Crippen LogP contribution in [0.1, 0.15) is 16.1 Å². The summed E-state index contributed by atoms with van der Waals surface area (Å²) in [5.74, 6) is -2.25. The highest BCUT2D eigenvalue weighted by Gasteiger charge is 2.16. The Kier molecular flexibility index (Phi) is 3.69. The first-order valence-electron chi connectivity index (χ1n) is 6.64. The van der Waals surface area contributed by atoms with Crippen molar-refractivity contribution in [1.29, 1.82) is 0 Å². The molecule has 0 aliphatic heterocycles. The van der Waals surface area contributed by atoms with Crippen LogP contribution in [0, 0.1) is 18.6 Å². The van der Waals surface area contributed by atoms with Crippen molar-refractivity contribution in [2.24, 2.45) is 0 Å². The van der Waals surface area contributed by atoms with Gasteiger partial charge >= 0.3 is 5.97 Å². The maximum atomic E-state index is 14.2. The third kappa shape index (κ3) is 2.73. The molecule has 0 radical (unpaired) electrons. The standard InChI is InChI=1S/C16H11ClF2N2O2/c1-7-4-12(20-8-2-3-11(18)10(17)5-8)9-6-13(16(22)23)21-15(9)14(7)19/h2-6,20-21H,1H3,(H,22,23). The maximum absolute atomic E-state index is 14.2. The van der Waals surface area contributed by atoms with E-state index in [9.17, 15) is 13.6 Å². The average molecular weight is 337 g/mol. The Morgan fingerprint density at radius 1 is 1.26 bits per heavy atom. The minimum absolute atomic E-state index is 0.0506. The number of hydrogen-bond donors (Lipinski definition) is 3. The normalized spacial score (nSPS) is 11.0. The van der Waals surface area contributed by atoms with Crippen LogP contribution >= 0.6 is 11.6 Å². The molecule has 23 heavy (non-hydrogen) atoms. The van der Waals surface area contributed by atoms with Crippen molar-refractivity contribution < 1.29 is 18.7 Å². The van der Waals surface area contributed by atoms with Gasteiger partial charge in [-0.25, -0.2) is 13.6 Å². The molecule has 0 spiro atoms. The monoisotopic (exact) mass is 336 g/mol. The Bertz CT molecular complexity index is 937. The maximum Gasteiger partial charge on any atom is 0.352 e. The van der Waals surface area contributed by atoms with Gasteiger partial charge in [-0.2, -0.15) is 0 Å². The summed E-state index contributed by atoms with van der Waals surface area (Å²) in [6.45, 7) is 1.57. The summed E-state index contributed by atoms with van der Waals surface area (Å²) >= 11 is 5.74. The zero-order chi connectivity index (χ0) is 16.7. The van der Waals surface area contributed by atoms with Gasteiger partial charge in [0.15, 0.2) is 0 Å². The molecule has 7 heteroatoms. The van der Waals surface area contributed by atoms with Gasteiger partial charge in [0.25, 0.3) is 0 Å². The van der Waals surface area contributed by atoms with E-state index in [4.69, 9.17) is 16.7 Å². The Morgan fingerprint density at radius 3 is 2.65 bits per heavy atom. The van der Waals surface area contributed by atoms with Crippen molar-refractivity contribution >= 4 is 39.8 Å². The largest absolute Gasteiger partial charge is 0.477 e. The van der Waals surface area contributed by atoms with Crippen LogP contribution in [-0.2, 0) is 0 Å². The van der Waals surface area contributed by atoms with Crippen molar-refractivity contribution in [1.82, 2.24) is 4.98 Å². The number of hydrogen-bond acceptors (Lipinski definition) is 2. The first kappa shape index (κ1) is 15.3. The summed E-state index contributed by atoms with van der Waals surface area (Å²) in [4.78, 5) is 13.6. The highest BCUT2D eigenvalue weighted by molar-refractivity contribution is 6.31. The second-order valence-electron chi connectivity index (χ2n) is 5.09. The molecule has 0 amide bonds. The number of benzene rings is 2. The molecule has 2 aromatic carbocycles. The summed E-state index contributed by atoms with van der Waals surface area (Å²) in [6.07, 6.45) is 0. The number of rotatable bonds is 3. The smallest absolute Gasteiger partial charge is 0.352 e. The van der Waals surface area contributed by atoms with Gasteiger partial charge in [0.05, 0.1) is 10.5 Å². The second kappa shape index (κ2) is 5.55. The van der Waals surface area contributed by atoms with Crippen LogP contribution in [0.4, 0.5) is 20.2 Å². The van der Waals surface area contributed by atoms with Gasteiger partial charge in [0.2, 0.25) is 0 Å². The quantitative estimate of drug-likeness (QED) is 0.640. The summed E-state index contributed by atoms with van der Waals surface area (Å²) in [6, 6.07) is 6.97. The number of nitrogens with one attached hydrogen (secondary N) is 2. The van der Waals surface area contributed by atoms with Crippen molar-refractivity contribution in [2.75, 3.05) is 5.32 Å². The second-order valence-corrected chi connectivity index (χ2v) is 5.49. The summed E-state index contributed by atoms with van der Waals surface area (Å²) in [7, 11) is 0. The first-order valence-corrected chi connectivity index (χ1v) is 7.02. The van der Waals surface area contributed by atoms with E-state index < -0.39 is 17.6 Å². The van der Waals surface area contributed by atoms with Gasteiger partial charge in [-0.15, -0.1) is 0 Å². The lowest BCUT2D eigenvalue weighted by molar-refractivity contribution is 0.0691. The number of carbonyl (C=O) groups is 1. The number of aromatic carboxylic acids is 1. The zero-order valence-electron chi connectivity index (χ0n) is 11.9. The Hall–Kier alpha value is -2.60. The Balaban J connectivity index is 2.14. The third-order valence-corrected chi connectivity index (χ3v) is 3.75. The fourth-order valence-electron chi connectivity index (χ4n) is 2.34. The number of aromatic nitrogens is 1. The average Bonchev–Trinajstić information content (AvgIpc) is 2.94. The number of fused-ring (bicyclic) bond motifs is 1. The molecule has 1 heterocycles. The molecule has 0 atom stereocenters. The minimum Gasteiger partial charge on any atom is -0.477 e. The molecule has 0 aliphatic carbocycles. The summed E-state index contributed by atoms with van der Waals surface area (Å²) < 4.78 is 27.4. The van der Waals surface area contributed by atoms with Gasteiger partial charge in [0, 0.05) is 16.8 Å². The molecule has 3 aromatic rings. The van der Waals surface area contributed by atoms with Gasteiger partial charge in [-0.3, -0.25) is 0 Å². The molecular weight excluding hydrogens is 326 g/mol. The van der Waals surface area contributed by atoms with Gasteiger partial charge in [-0.05, 0) is 42.8 Å². The van der Waals surface area contributed by atoms with Crippen molar-refractivity contribution in [3.8, 4) is 0 Å². The lowest BCUT2D eigenvalue weighted by Gasteiger charge is -2.10. The molecular formula is C16H11ClF2N2O2. The van der Waals surface area contributed by atoms with Crippen LogP contribution in [-0.4, -0.2) is 16.1 Å². The van der Waals surface area contributed by atoms with E-state index in [1.54, 1.807) is 13.0 Å². The van der Waals surface area contributed by atoms with E-state index in [2.05, 4.69) is 10.3 Å². The number of H-pyrrole nitrogens is 1. The van der Waals surface area contributed by atoms with Crippen LogP contribution in [0.25, 0.3) is 10.9 Å². The molecule has 1 aromatic heterocycles. The van der Waals surface area contributed by atoms with Gasteiger partial charge in [-0.1, -0.05) is 11.6 Å². The van der Waals surface area contributed by atoms with E-state index in [0.29, 0.717) is 22.3 Å². The van der Waals surface area contributed by atoms with E-state index in [0.717, 1.165) is 0 Å². The predicted octanol–water partition coefficient (Wildman–Crippen LogP) is 4.85. The van der Waals surface area contributed by atoms with Gasteiger partial charge < -0.3 is 15.4 Å². The molecule has 118 valence electrons. The molecule has 0 fully saturated rings. The van der Waals surface area contributed by atoms with Crippen molar-refractivity contribution in [3.05, 3.63) is 58.2 Å². The van der Waals surface area contributed by atoms with E-state index in [1.807, 2.05) is 0 Å². The van der Waals surface area contributed by atoms with Crippen LogP contribution in [0.2, 0.25) is 5.02 Å². The molecule has 3 rings (SSSR count). The third-order valence-electron chi connectivity index (χ3n) is 3.46. The highest BCUT2D eigenvalue weighted by Crippen LogP contribution is 2.32. The molecule has 0 aliphatic rings. The fourth-order valence-corrected chi connectivity index (χ4v) is 2.52.